The number of rotatable bonds is 3. The van der Waals surface area contributed by atoms with Crippen LogP contribution >= 0.6 is 22.7 Å². The van der Waals surface area contributed by atoms with Gasteiger partial charge in [0.2, 0.25) is 0 Å². The largest absolute Gasteiger partial charge is 0.453 e. The van der Waals surface area contributed by atoms with Gasteiger partial charge in [0.1, 0.15) is 22.1 Å². The van der Waals surface area contributed by atoms with Gasteiger partial charge in [0.15, 0.2) is 0 Å². The molecule has 0 bridgehead atoms. The summed E-state index contributed by atoms with van der Waals surface area (Å²) in [6.07, 6.45) is 4.25. The van der Waals surface area contributed by atoms with E-state index in [0.717, 1.165) is 46.2 Å². The van der Waals surface area contributed by atoms with Gasteiger partial charge < -0.3 is 9.72 Å². The highest BCUT2D eigenvalue weighted by atomic mass is 32.1. The molecule has 1 aliphatic carbocycles. The minimum atomic E-state index is -0.399. The standard InChI is InChI=1S/C20H16N2O3S2/c23-18-17-12-6-2-4-8-14(12)27-19(17)22-16(21-18)10-25-20(24)15-9-11-5-1-3-7-13(11)26-15/h1,3,5,7,9H,2,4,6,8,10H2,(H,21,22,23). The number of aromatic amines is 1. The van der Waals surface area contributed by atoms with E-state index in [1.54, 1.807) is 11.3 Å². The molecule has 0 spiro atoms. The van der Waals surface area contributed by atoms with Crippen molar-refractivity contribution in [3.63, 3.8) is 0 Å². The van der Waals surface area contributed by atoms with Gasteiger partial charge in [0.05, 0.1) is 5.39 Å². The minimum Gasteiger partial charge on any atom is -0.453 e. The van der Waals surface area contributed by atoms with Crippen LogP contribution in [0.5, 0.6) is 0 Å². The smallest absolute Gasteiger partial charge is 0.348 e. The Balaban J connectivity index is 1.39. The van der Waals surface area contributed by atoms with Crippen LogP contribution in [0, 0.1) is 0 Å². The molecule has 0 aliphatic heterocycles. The molecule has 1 aromatic carbocycles. The third kappa shape index (κ3) is 2.96. The number of carbonyl (C=O) groups is 1. The number of nitrogens with zero attached hydrogens (tertiary/aromatic N) is 1. The van der Waals surface area contributed by atoms with Crippen molar-refractivity contribution in [3.8, 4) is 0 Å². The number of benzene rings is 1. The Bertz CT molecular complexity index is 1200. The fourth-order valence-electron chi connectivity index (χ4n) is 3.56. The van der Waals surface area contributed by atoms with Gasteiger partial charge in [0, 0.05) is 9.58 Å². The summed E-state index contributed by atoms with van der Waals surface area (Å²) >= 11 is 2.99. The lowest BCUT2D eigenvalue weighted by molar-refractivity contribution is 0.0468. The second-order valence-corrected chi connectivity index (χ2v) is 8.80. The molecule has 7 heteroatoms. The summed E-state index contributed by atoms with van der Waals surface area (Å²) in [6.45, 7) is -0.0408. The van der Waals surface area contributed by atoms with Crippen molar-refractivity contribution in [3.05, 3.63) is 61.8 Å². The lowest BCUT2D eigenvalue weighted by Gasteiger charge is -2.09. The van der Waals surface area contributed by atoms with Gasteiger partial charge in [-0.05, 0) is 48.8 Å². The van der Waals surface area contributed by atoms with Gasteiger partial charge in [-0.3, -0.25) is 4.79 Å². The minimum absolute atomic E-state index is 0.0408. The zero-order valence-corrected chi connectivity index (χ0v) is 16.0. The van der Waals surface area contributed by atoms with Gasteiger partial charge in [-0.25, -0.2) is 9.78 Å². The van der Waals surface area contributed by atoms with Crippen molar-refractivity contribution >= 4 is 48.9 Å². The van der Waals surface area contributed by atoms with Crippen LogP contribution in [-0.4, -0.2) is 15.9 Å². The van der Waals surface area contributed by atoms with Crippen LogP contribution in [-0.2, 0) is 24.2 Å². The summed E-state index contributed by atoms with van der Waals surface area (Å²) < 4.78 is 6.44. The van der Waals surface area contributed by atoms with Crippen molar-refractivity contribution in [2.45, 2.75) is 32.3 Å². The molecule has 27 heavy (non-hydrogen) atoms. The van der Waals surface area contributed by atoms with Gasteiger partial charge in [0.25, 0.3) is 5.56 Å². The van der Waals surface area contributed by atoms with E-state index in [4.69, 9.17) is 4.74 Å². The number of carbonyl (C=O) groups excluding carboxylic acids is 1. The highest BCUT2D eigenvalue weighted by Crippen LogP contribution is 2.33. The molecule has 0 amide bonds. The van der Waals surface area contributed by atoms with Crippen molar-refractivity contribution < 1.29 is 9.53 Å². The van der Waals surface area contributed by atoms with Gasteiger partial charge in [-0.1, -0.05) is 18.2 Å². The van der Waals surface area contributed by atoms with Crippen LogP contribution in [0.15, 0.2) is 35.1 Å². The number of aryl methyl sites for hydroxylation is 2. The Hall–Kier alpha value is -2.51. The van der Waals surface area contributed by atoms with Gasteiger partial charge >= 0.3 is 5.97 Å². The molecule has 5 rings (SSSR count). The second kappa shape index (κ2) is 6.58. The van der Waals surface area contributed by atoms with E-state index < -0.39 is 5.97 Å². The lowest BCUT2D eigenvalue weighted by Crippen LogP contribution is -2.14. The van der Waals surface area contributed by atoms with Crippen molar-refractivity contribution in [1.29, 1.82) is 0 Å². The molecule has 0 fully saturated rings. The Morgan fingerprint density at radius 3 is 2.93 bits per heavy atom. The zero-order valence-electron chi connectivity index (χ0n) is 14.4. The van der Waals surface area contributed by atoms with E-state index in [2.05, 4.69) is 9.97 Å². The molecule has 0 saturated heterocycles. The number of hydrogen-bond donors (Lipinski definition) is 1. The molecule has 1 N–H and O–H groups in total. The Morgan fingerprint density at radius 2 is 2.04 bits per heavy atom. The lowest BCUT2D eigenvalue weighted by atomic mass is 9.97. The Labute approximate surface area is 162 Å². The first kappa shape index (κ1) is 16.6. The predicted molar refractivity (Wildman–Crippen MR) is 108 cm³/mol. The van der Waals surface area contributed by atoms with Crippen LogP contribution in [0.1, 0.15) is 38.8 Å². The third-order valence-electron chi connectivity index (χ3n) is 4.84. The van der Waals surface area contributed by atoms with E-state index in [1.807, 2.05) is 30.3 Å². The summed E-state index contributed by atoms with van der Waals surface area (Å²) in [7, 11) is 0. The molecule has 0 radical (unpaired) electrons. The van der Waals surface area contributed by atoms with E-state index in [-0.39, 0.29) is 12.2 Å². The summed E-state index contributed by atoms with van der Waals surface area (Å²) in [5, 5.41) is 1.74. The van der Waals surface area contributed by atoms with Crippen LogP contribution in [0.25, 0.3) is 20.3 Å². The van der Waals surface area contributed by atoms with Crippen LogP contribution in [0.2, 0.25) is 0 Å². The van der Waals surface area contributed by atoms with E-state index in [1.165, 1.54) is 16.2 Å². The maximum atomic E-state index is 12.5. The van der Waals surface area contributed by atoms with E-state index >= 15 is 0 Å². The predicted octanol–water partition coefficient (Wildman–Crippen LogP) is 4.44. The van der Waals surface area contributed by atoms with Crippen LogP contribution in [0.3, 0.4) is 0 Å². The molecule has 1 aliphatic rings. The zero-order chi connectivity index (χ0) is 18.4. The van der Waals surface area contributed by atoms with E-state index in [9.17, 15) is 9.59 Å². The number of ether oxygens (including phenoxy) is 1. The number of nitrogens with one attached hydrogen (secondary N) is 1. The van der Waals surface area contributed by atoms with E-state index in [0.29, 0.717) is 16.1 Å². The monoisotopic (exact) mass is 396 g/mol. The molecule has 0 atom stereocenters. The number of H-pyrrole nitrogens is 1. The highest BCUT2D eigenvalue weighted by Gasteiger charge is 2.20. The summed E-state index contributed by atoms with van der Waals surface area (Å²) in [5.74, 6) is -0.00928. The fraction of sp³-hybridized carbons (Fsp3) is 0.250. The van der Waals surface area contributed by atoms with Crippen molar-refractivity contribution in [2.75, 3.05) is 0 Å². The number of aromatic nitrogens is 2. The number of hydrogen-bond acceptors (Lipinski definition) is 6. The maximum Gasteiger partial charge on any atom is 0.348 e. The topological polar surface area (TPSA) is 72.0 Å². The average molecular weight is 396 g/mol. The normalized spacial score (nSPS) is 13.8. The summed E-state index contributed by atoms with van der Waals surface area (Å²) in [6, 6.07) is 9.65. The number of fused-ring (bicyclic) bond motifs is 4. The third-order valence-corrected chi connectivity index (χ3v) is 7.12. The second-order valence-electron chi connectivity index (χ2n) is 6.63. The molecular formula is C20H16N2O3S2. The average Bonchev–Trinajstić information content (AvgIpc) is 3.27. The number of esters is 1. The molecule has 5 nitrogen and oxygen atoms in total. The Kier molecular flexibility index (Phi) is 4.06. The summed E-state index contributed by atoms with van der Waals surface area (Å²) in [4.78, 5) is 34.8. The molecule has 136 valence electrons. The first-order chi connectivity index (χ1) is 13.2. The molecular weight excluding hydrogens is 380 g/mol. The van der Waals surface area contributed by atoms with Gasteiger partial charge in [-0.15, -0.1) is 22.7 Å². The van der Waals surface area contributed by atoms with Crippen molar-refractivity contribution in [1.82, 2.24) is 9.97 Å². The first-order valence-electron chi connectivity index (χ1n) is 8.88. The van der Waals surface area contributed by atoms with Crippen molar-refractivity contribution in [2.24, 2.45) is 0 Å². The summed E-state index contributed by atoms with van der Waals surface area (Å²) in [5.41, 5.74) is 1.02. The molecule has 0 saturated carbocycles. The van der Waals surface area contributed by atoms with Crippen LogP contribution < -0.4 is 5.56 Å². The molecule has 3 heterocycles. The molecule has 3 aromatic heterocycles. The SMILES string of the molecule is O=C(OCc1nc2sc3c(c2c(=O)[nH]1)CCCC3)c1cc2ccccc2s1. The highest BCUT2D eigenvalue weighted by molar-refractivity contribution is 7.20. The number of thiophene rings is 2. The quantitative estimate of drug-likeness (QED) is 0.520. The first-order valence-corrected chi connectivity index (χ1v) is 10.5. The van der Waals surface area contributed by atoms with Crippen LogP contribution in [0.4, 0.5) is 0 Å². The fourth-order valence-corrected chi connectivity index (χ4v) is 5.80. The van der Waals surface area contributed by atoms with Gasteiger partial charge in [-0.2, -0.15) is 0 Å². The Morgan fingerprint density at radius 1 is 1.19 bits per heavy atom. The molecule has 0 unspecified atom stereocenters. The maximum absolute atomic E-state index is 12.5. The molecule has 4 aromatic rings.